The Hall–Kier alpha value is -1.31. The van der Waals surface area contributed by atoms with E-state index in [0.29, 0.717) is 12.4 Å². The van der Waals surface area contributed by atoms with E-state index < -0.39 is 0 Å². The fourth-order valence-corrected chi connectivity index (χ4v) is 2.78. The highest BCUT2D eigenvalue weighted by molar-refractivity contribution is 5.82. The highest BCUT2D eigenvalue weighted by atomic mass is 16.5. The Morgan fingerprint density at radius 1 is 1.30 bits per heavy atom. The quantitative estimate of drug-likeness (QED) is 0.812. The summed E-state index contributed by atoms with van der Waals surface area (Å²) in [6, 6.07) is 6.41. The zero-order chi connectivity index (χ0) is 14.8. The van der Waals surface area contributed by atoms with Gasteiger partial charge in [0.2, 0.25) is 0 Å². The Morgan fingerprint density at radius 2 is 2.05 bits per heavy atom. The van der Waals surface area contributed by atoms with Gasteiger partial charge in [0.05, 0.1) is 6.61 Å². The number of carbonyl (C=O) groups excluding carboxylic acids is 1. The largest absolute Gasteiger partial charge is 0.493 e. The number of rotatable bonds is 4. The zero-order valence-corrected chi connectivity index (χ0v) is 13.2. The first-order valence-corrected chi connectivity index (χ1v) is 7.64. The predicted molar refractivity (Wildman–Crippen MR) is 82.3 cm³/mol. The van der Waals surface area contributed by atoms with E-state index in [9.17, 15) is 4.79 Å². The van der Waals surface area contributed by atoms with Crippen LogP contribution in [0.1, 0.15) is 57.6 Å². The van der Waals surface area contributed by atoms with Crippen molar-refractivity contribution in [3.05, 3.63) is 29.3 Å². The molecule has 0 spiro atoms. The van der Waals surface area contributed by atoms with Gasteiger partial charge in [0.25, 0.3) is 0 Å². The molecule has 0 N–H and O–H groups in total. The van der Waals surface area contributed by atoms with Crippen molar-refractivity contribution in [1.82, 2.24) is 0 Å². The molecule has 0 amide bonds. The molecule has 1 saturated carbocycles. The van der Waals surface area contributed by atoms with Crippen molar-refractivity contribution in [2.75, 3.05) is 6.61 Å². The predicted octanol–water partition coefficient (Wildman–Crippen LogP) is 4.43. The lowest BCUT2D eigenvalue weighted by atomic mass is 9.86. The summed E-state index contributed by atoms with van der Waals surface area (Å²) in [5.74, 6) is 1.61. The number of benzene rings is 1. The van der Waals surface area contributed by atoms with Gasteiger partial charge in [-0.05, 0) is 48.8 Å². The van der Waals surface area contributed by atoms with Crippen LogP contribution in [0.2, 0.25) is 0 Å². The molecule has 1 aliphatic carbocycles. The minimum absolute atomic E-state index is 0.166. The summed E-state index contributed by atoms with van der Waals surface area (Å²) in [6.07, 6.45) is 3.73. The van der Waals surface area contributed by atoms with Crippen molar-refractivity contribution < 1.29 is 9.53 Å². The van der Waals surface area contributed by atoms with E-state index in [0.717, 1.165) is 31.4 Å². The van der Waals surface area contributed by atoms with E-state index in [1.165, 1.54) is 11.1 Å². The third-order valence-electron chi connectivity index (χ3n) is 4.20. The molecule has 1 atom stereocenters. The molecule has 110 valence electrons. The van der Waals surface area contributed by atoms with Gasteiger partial charge < -0.3 is 4.74 Å². The maximum atomic E-state index is 11.6. The first kappa shape index (κ1) is 15.1. The van der Waals surface area contributed by atoms with Crippen LogP contribution in [0.25, 0.3) is 0 Å². The fraction of sp³-hybridized carbons (Fsp3) is 0.611. The molecule has 0 heterocycles. The molecule has 0 aromatic heterocycles. The number of ether oxygens (including phenoxy) is 1. The molecule has 1 aliphatic rings. The maximum Gasteiger partial charge on any atom is 0.136 e. The Kier molecular flexibility index (Phi) is 4.52. The SMILES string of the molecule is Cc1cc(C(C)(C)C)ccc1OCCC1CCCC1=O. The number of ketones is 1. The average Bonchev–Trinajstić information content (AvgIpc) is 2.76. The molecule has 0 saturated heterocycles. The summed E-state index contributed by atoms with van der Waals surface area (Å²) in [5.41, 5.74) is 2.67. The normalized spacial score (nSPS) is 19.4. The number of Topliss-reactive ketones (excluding diaryl/α,β-unsaturated/α-hetero) is 1. The van der Waals surface area contributed by atoms with E-state index in [2.05, 4.69) is 45.9 Å². The van der Waals surface area contributed by atoms with Crippen LogP contribution < -0.4 is 4.74 Å². The van der Waals surface area contributed by atoms with Crippen LogP contribution in [0.15, 0.2) is 18.2 Å². The second-order valence-corrected chi connectivity index (χ2v) is 6.92. The lowest BCUT2D eigenvalue weighted by molar-refractivity contribution is -0.121. The van der Waals surface area contributed by atoms with E-state index in [1.807, 2.05) is 0 Å². The van der Waals surface area contributed by atoms with Crippen molar-refractivity contribution in [2.24, 2.45) is 5.92 Å². The lowest BCUT2D eigenvalue weighted by Crippen LogP contribution is -2.13. The summed E-state index contributed by atoms with van der Waals surface area (Å²) < 4.78 is 5.86. The summed E-state index contributed by atoms with van der Waals surface area (Å²) >= 11 is 0. The Morgan fingerprint density at radius 3 is 2.60 bits per heavy atom. The number of aryl methyl sites for hydroxylation is 1. The van der Waals surface area contributed by atoms with Gasteiger partial charge >= 0.3 is 0 Å². The van der Waals surface area contributed by atoms with Gasteiger partial charge in [0.15, 0.2) is 0 Å². The van der Waals surface area contributed by atoms with Gasteiger partial charge in [-0.15, -0.1) is 0 Å². The monoisotopic (exact) mass is 274 g/mol. The van der Waals surface area contributed by atoms with Gasteiger partial charge in [-0.25, -0.2) is 0 Å². The first-order chi connectivity index (χ1) is 9.38. The molecule has 1 fully saturated rings. The van der Waals surface area contributed by atoms with Crippen LogP contribution in [0.4, 0.5) is 0 Å². The zero-order valence-electron chi connectivity index (χ0n) is 13.2. The lowest BCUT2D eigenvalue weighted by Gasteiger charge is -2.20. The van der Waals surface area contributed by atoms with Gasteiger partial charge in [0, 0.05) is 12.3 Å². The van der Waals surface area contributed by atoms with Crippen molar-refractivity contribution in [3.63, 3.8) is 0 Å². The van der Waals surface area contributed by atoms with Gasteiger partial charge in [-0.1, -0.05) is 32.9 Å². The van der Waals surface area contributed by atoms with Crippen molar-refractivity contribution >= 4 is 5.78 Å². The van der Waals surface area contributed by atoms with Crippen molar-refractivity contribution in [1.29, 1.82) is 0 Å². The van der Waals surface area contributed by atoms with Crippen LogP contribution >= 0.6 is 0 Å². The van der Waals surface area contributed by atoms with E-state index in [-0.39, 0.29) is 11.3 Å². The van der Waals surface area contributed by atoms with Crippen LogP contribution in [-0.2, 0) is 10.2 Å². The highest BCUT2D eigenvalue weighted by Crippen LogP contribution is 2.28. The summed E-state index contributed by atoms with van der Waals surface area (Å²) in [6.45, 7) is 9.38. The van der Waals surface area contributed by atoms with Crippen LogP contribution in [0, 0.1) is 12.8 Å². The summed E-state index contributed by atoms with van der Waals surface area (Å²) in [5, 5.41) is 0. The first-order valence-electron chi connectivity index (χ1n) is 7.64. The van der Waals surface area contributed by atoms with Gasteiger partial charge in [0.1, 0.15) is 11.5 Å². The molecule has 0 aliphatic heterocycles. The highest BCUT2D eigenvalue weighted by Gasteiger charge is 2.24. The maximum absolute atomic E-state index is 11.6. The molecular formula is C18H26O2. The van der Waals surface area contributed by atoms with E-state index >= 15 is 0 Å². The second kappa shape index (κ2) is 5.99. The molecule has 20 heavy (non-hydrogen) atoms. The van der Waals surface area contributed by atoms with Crippen LogP contribution in [0.5, 0.6) is 5.75 Å². The summed E-state index contributed by atoms with van der Waals surface area (Å²) in [7, 11) is 0. The minimum Gasteiger partial charge on any atom is -0.493 e. The number of hydrogen-bond donors (Lipinski definition) is 0. The molecule has 1 aromatic carbocycles. The number of carbonyl (C=O) groups is 1. The smallest absolute Gasteiger partial charge is 0.136 e. The molecule has 1 unspecified atom stereocenters. The minimum atomic E-state index is 0.166. The average molecular weight is 274 g/mol. The third kappa shape index (κ3) is 3.62. The second-order valence-electron chi connectivity index (χ2n) is 6.92. The number of hydrogen-bond acceptors (Lipinski definition) is 2. The standard InChI is InChI=1S/C18H26O2/c1-13-12-15(18(2,3)4)8-9-17(13)20-11-10-14-6-5-7-16(14)19/h8-9,12,14H,5-7,10-11H2,1-4H3. The molecule has 2 rings (SSSR count). The molecule has 2 heteroatoms. The van der Waals surface area contributed by atoms with Gasteiger partial charge in [-0.3, -0.25) is 4.79 Å². The van der Waals surface area contributed by atoms with Crippen LogP contribution in [-0.4, -0.2) is 12.4 Å². The van der Waals surface area contributed by atoms with Crippen molar-refractivity contribution in [2.45, 2.75) is 58.8 Å². The molecule has 2 nitrogen and oxygen atoms in total. The third-order valence-corrected chi connectivity index (χ3v) is 4.20. The topological polar surface area (TPSA) is 26.3 Å². The Balaban J connectivity index is 1.91. The fourth-order valence-electron chi connectivity index (χ4n) is 2.78. The Bertz CT molecular complexity index is 483. The van der Waals surface area contributed by atoms with Crippen LogP contribution in [0.3, 0.4) is 0 Å². The van der Waals surface area contributed by atoms with E-state index in [1.54, 1.807) is 0 Å². The Labute approximate surface area is 122 Å². The molecule has 0 radical (unpaired) electrons. The van der Waals surface area contributed by atoms with Crippen molar-refractivity contribution in [3.8, 4) is 5.75 Å². The van der Waals surface area contributed by atoms with Gasteiger partial charge in [-0.2, -0.15) is 0 Å². The molecule has 0 bridgehead atoms. The molecular weight excluding hydrogens is 248 g/mol. The summed E-state index contributed by atoms with van der Waals surface area (Å²) in [4.78, 5) is 11.6. The van der Waals surface area contributed by atoms with E-state index in [4.69, 9.17) is 4.74 Å². The molecule has 1 aromatic rings.